The van der Waals surface area contributed by atoms with Crippen molar-refractivity contribution >= 4 is 51.0 Å². The van der Waals surface area contributed by atoms with Crippen LogP contribution in [0.4, 0.5) is 0 Å². The van der Waals surface area contributed by atoms with E-state index in [2.05, 4.69) is 21.0 Å². The molecule has 0 radical (unpaired) electrons. The number of rotatable bonds is 4. The zero-order chi connectivity index (χ0) is 14.7. The molecule has 20 heavy (non-hydrogen) atoms. The number of halogens is 3. The van der Waals surface area contributed by atoms with Crippen molar-refractivity contribution in [2.45, 2.75) is 13.5 Å². The number of nitrogens with zero attached hydrogens (tertiary/aromatic N) is 2. The Morgan fingerprint density at radius 2 is 2.20 bits per heavy atom. The lowest BCUT2D eigenvalue weighted by Gasteiger charge is -2.02. The normalized spacial score (nSPS) is 11.2. The zero-order valence-corrected chi connectivity index (χ0v) is 13.7. The lowest BCUT2D eigenvalue weighted by Crippen LogP contribution is -2.00. The van der Waals surface area contributed by atoms with Crippen molar-refractivity contribution < 1.29 is 4.79 Å². The van der Waals surface area contributed by atoms with Crippen LogP contribution in [0.2, 0.25) is 10.0 Å². The molecule has 1 aromatic heterocycles. The quantitative estimate of drug-likeness (QED) is 0.566. The summed E-state index contributed by atoms with van der Waals surface area (Å²) in [5.74, 6) is -0.178. The first-order valence-electron chi connectivity index (χ1n) is 5.91. The molecule has 1 heterocycles. The van der Waals surface area contributed by atoms with Gasteiger partial charge in [-0.3, -0.25) is 9.48 Å². The topological polar surface area (TPSA) is 34.9 Å². The molecule has 3 nitrogen and oxygen atoms in total. The Morgan fingerprint density at radius 3 is 2.85 bits per heavy atom. The maximum absolute atomic E-state index is 12.1. The van der Waals surface area contributed by atoms with Crippen molar-refractivity contribution in [3.63, 3.8) is 0 Å². The number of hydrogen-bond donors (Lipinski definition) is 0. The monoisotopic (exact) mass is 372 g/mol. The van der Waals surface area contributed by atoms with E-state index in [1.54, 1.807) is 35.2 Å². The van der Waals surface area contributed by atoms with Gasteiger partial charge in [-0.25, -0.2) is 0 Å². The van der Waals surface area contributed by atoms with Gasteiger partial charge in [0, 0.05) is 17.1 Å². The Labute approximate surface area is 135 Å². The molecule has 6 heteroatoms. The van der Waals surface area contributed by atoms with Crippen molar-refractivity contribution in [1.82, 2.24) is 9.78 Å². The Balaban J connectivity index is 2.27. The van der Waals surface area contributed by atoms with Gasteiger partial charge >= 0.3 is 0 Å². The van der Waals surface area contributed by atoms with Gasteiger partial charge in [0.25, 0.3) is 0 Å². The van der Waals surface area contributed by atoms with E-state index >= 15 is 0 Å². The second-order valence-electron chi connectivity index (χ2n) is 4.02. The minimum absolute atomic E-state index is 0.178. The molecule has 0 aliphatic rings. The molecular formula is C14H11BrCl2N2O. The minimum Gasteiger partial charge on any atom is -0.289 e. The molecule has 0 amide bonds. The van der Waals surface area contributed by atoms with E-state index in [4.69, 9.17) is 23.2 Å². The molecule has 0 saturated carbocycles. The molecule has 2 rings (SSSR count). The summed E-state index contributed by atoms with van der Waals surface area (Å²) in [6, 6.07) is 4.81. The van der Waals surface area contributed by atoms with Gasteiger partial charge < -0.3 is 0 Å². The summed E-state index contributed by atoms with van der Waals surface area (Å²) in [6.07, 6.45) is 4.89. The van der Waals surface area contributed by atoms with Gasteiger partial charge in [-0.15, -0.1) is 0 Å². The van der Waals surface area contributed by atoms with Crippen LogP contribution in [0.1, 0.15) is 23.0 Å². The third-order valence-corrected chi connectivity index (χ3v) is 3.88. The lowest BCUT2D eigenvalue weighted by atomic mass is 10.1. The minimum atomic E-state index is -0.178. The molecule has 2 aromatic rings. The maximum atomic E-state index is 12.1. The highest BCUT2D eigenvalue weighted by Gasteiger charge is 2.09. The average Bonchev–Trinajstić information content (AvgIpc) is 2.76. The third-order valence-electron chi connectivity index (χ3n) is 2.72. The highest BCUT2D eigenvalue weighted by atomic mass is 79.9. The number of aromatic nitrogens is 2. The van der Waals surface area contributed by atoms with E-state index in [0.717, 1.165) is 16.7 Å². The van der Waals surface area contributed by atoms with Gasteiger partial charge in [-0.1, -0.05) is 23.2 Å². The fourth-order valence-electron chi connectivity index (χ4n) is 1.72. The summed E-state index contributed by atoms with van der Waals surface area (Å²) >= 11 is 15.2. The van der Waals surface area contributed by atoms with Crippen LogP contribution in [0.5, 0.6) is 0 Å². The SMILES string of the molecule is CCn1ncc(Br)c1/C=C/C(=O)c1ccc(Cl)cc1Cl. The van der Waals surface area contributed by atoms with Gasteiger partial charge in [0.05, 0.1) is 21.4 Å². The zero-order valence-electron chi connectivity index (χ0n) is 10.6. The summed E-state index contributed by atoms with van der Waals surface area (Å²) < 4.78 is 2.63. The first kappa shape index (κ1) is 15.3. The molecule has 0 bridgehead atoms. The van der Waals surface area contributed by atoms with Gasteiger partial charge in [0.15, 0.2) is 5.78 Å². The summed E-state index contributed by atoms with van der Waals surface area (Å²) in [7, 11) is 0. The molecule has 0 fully saturated rings. The molecule has 104 valence electrons. The first-order chi connectivity index (χ1) is 9.52. The number of carbonyl (C=O) groups is 1. The van der Waals surface area contributed by atoms with Crippen molar-refractivity contribution in [3.8, 4) is 0 Å². The van der Waals surface area contributed by atoms with Crippen molar-refractivity contribution in [3.05, 3.63) is 56.2 Å². The van der Waals surface area contributed by atoms with Gasteiger partial charge in [-0.05, 0) is 53.2 Å². The second-order valence-corrected chi connectivity index (χ2v) is 5.71. The predicted octanol–water partition coefficient (Wildman–Crippen LogP) is 4.87. The van der Waals surface area contributed by atoms with Crippen LogP contribution in [-0.4, -0.2) is 15.6 Å². The highest BCUT2D eigenvalue weighted by molar-refractivity contribution is 9.10. The fourth-order valence-corrected chi connectivity index (χ4v) is 2.65. The van der Waals surface area contributed by atoms with Crippen LogP contribution >= 0.6 is 39.1 Å². The van der Waals surface area contributed by atoms with Crippen molar-refractivity contribution in [2.24, 2.45) is 0 Å². The number of allylic oxidation sites excluding steroid dienone is 1. The predicted molar refractivity (Wildman–Crippen MR) is 85.4 cm³/mol. The summed E-state index contributed by atoms with van der Waals surface area (Å²) in [6.45, 7) is 2.70. The van der Waals surface area contributed by atoms with E-state index in [1.165, 1.54) is 6.08 Å². The molecule has 0 aliphatic carbocycles. The molecular weight excluding hydrogens is 363 g/mol. The van der Waals surface area contributed by atoms with Gasteiger partial charge in [0.1, 0.15) is 0 Å². The van der Waals surface area contributed by atoms with Crippen LogP contribution in [-0.2, 0) is 6.54 Å². The standard InChI is InChI=1S/C14H11BrCl2N2O/c1-2-19-13(11(15)8-18-19)5-6-14(20)10-4-3-9(16)7-12(10)17/h3-8H,2H2,1H3/b6-5+. The Bertz CT molecular complexity index is 680. The molecule has 0 aliphatic heterocycles. The van der Waals surface area contributed by atoms with Gasteiger partial charge in [-0.2, -0.15) is 5.10 Å². The van der Waals surface area contributed by atoms with Gasteiger partial charge in [0.2, 0.25) is 0 Å². The van der Waals surface area contributed by atoms with Crippen molar-refractivity contribution in [1.29, 1.82) is 0 Å². The van der Waals surface area contributed by atoms with Crippen LogP contribution in [0, 0.1) is 0 Å². The molecule has 0 atom stereocenters. The highest BCUT2D eigenvalue weighted by Crippen LogP contribution is 2.23. The lowest BCUT2D eigenvalue weighted by molar-refractivity contribution is 0.104. The number of hydrogen-bond acceptors (Lipinski definition) is 2. The van der Waals surface area contributed by atoms with Crippen LogP contribution in [0.3, 0.4) is 0 Å². The van der Waals surface area contributed by atoms with Crippen LogP contribution in [0.15, 0.2) is 34.9 Å². The number of ketones is 1. The van der Waals surface area contributed by atoms with E-state index in [1.807, 2.05) is 6.92 Å². The average molecular weight is 374 g/mol. The smallest absolute Gasteiger partial charge is 0.187 e. The number of carbonyl (C=O) groups excluding carboxylic acids is 1. The Kier molecular flexibility index (Phi) is 5.02. The first-order valence-corrected chi connectivity index (χ1v) is 7.46. The van der Waals surface area contributed by atoms with E-state index < -0.39 is 0 Å². The van der Waals surface area contributed by atoms with Crippen LogP contribution in [0.25, 0.3) is 6.08 Å². The molecule has 0 unspecified atom stereocenters. The maximum Gasteiger partial charge on any atom is 0.187 e. The third kappa shape index (κ3) is 3.32. The number of aryl methyl sites for hydroxylation is 1. The Morgan fingerprint density at radius 1 is 1.45 bits per heavy atom. The van der Waals surface area contributed by atoms with E-state index in [-0.39, 0.29) is 5.78 Å². The molecule has 0 spiro atoms. The summed E-state index contributed by atoms with van der Waals surface area (Å²) in [4.78, 5) is 12.1. The van der Waals surface area contributed by atoms with E-state index in [0.29, 0.717) is 15.6 Å². The second kappa shape index (κ2) is 6.57. The van der Waals surface area contributed by atoms with Crippen LogP contribution < -0.4 is 0 Å². The number of benzene rings is 1. The molecule has 0 saturated heterocycles. The van der Waals surface area contributed by atoms with Crippen molar-refractivity contribution in [2.75, 3.05) is 0 Å². The molecule has 1 aromatic carbocycles. The summed E-state index contributed by atoms with van der Waals surface area (Å²) in [5.41, 5.74) is 1.26. The molecule has 0 N–H and O–H groups in total. The Hall–Kier alpha value is -1.10. The van der Waals surface area contributed by atoms with E-state index in [9.17, 15) is 4.79 Å². The summed E-state index contributed by atoms with van der Waals surface area (Å²) in [5, 5.41) is 5.02. The largest absolute Gasteiger partial charge is 0.289 e. The fraction of sp³-hybridized carbons (Fsp3) is 0.143.